The van der Waals surface area contributed by atoms with E-state index in [9.17, 15) is 0 Å². The molecular formula is C22H28O. The van der Waals surface area contributed by atoms with Crippen LogP contribution in [0, 0.1) is 23.7 Å². The molecule has 1 nitrogen and oxygen atoms in total. The largest absolute Gasteiger partial charge is 0.497 e. The van der Waals surface area contributed by atoms with Crippen molar-refractivity contribution in [1.82, 2.24) is 0 Å². The summed E-state index contributed by atoms with van der Waals surface area (Å²) in [4.78, 5) is 0. The maximum absolute atomic E-state index is 5.14. The van der Waals surface area contributed by atoms with E-state index in [-0.39, 0.29) is 0 Å². The quantitative estimate of drug-likeness (QED) is 0.618. The number of hydrogen-bond donors (Lipinski definition) is 0. The number of methoxy groups -OCH3 is 1. The van der Waals surface area contributed by atoms with Crippen LogP contribution < -0.4 is 4.74 Å². The summed E-state index contributed by atoms with van der Waals surface area (Å²) in [6.45, 7) is 2.29. The second-order valence-corrected chi connectivity index (χ2v) is 6.32. The van der Waals surface area contributed by atoms with E-state index in [2.05, 4.69) is 24.8 Å². The predicted molar refractivity (Wildman–Crippen MR) is 99.3 cm³/mol. The Kier molecular flexibility index (Phi) is 7.54. The lowest BCUT2D eigenvalue weighted by Crippen LogP contribution is -2.12. The molecule has 23 heavy (non-hydrogen) atoms. The molecule has 0 unspecified atom stereocenters. The molecule has 0 aromatic heterocycles. The highest BCUT2D eigenvalue weighted by molar-refractivity contribution is 5.54. The normalized spacial score (nSPS) is 21.3. The summed E-state index contributed by atoms with van der Waals surface area (Å²) in [5, 5.41) is 0. The molecule has 1 aliphatic rings. The lowest BCUT2D eigenvalue weighted by molar-refractivity contribution is 0.294. The molecule has 0 atom stereocenters. The van der Waals surface area contributed by atoms with E-state index >= 15 is 0 Å². The number of ether oxygens (including phenoxy) is 1. The highest BCUT2D eigenvalue weighted by atomic mass is 16.5. The van der Waals surface area contributed by atoms with Crippen molar-refractivity contribution < 1.29 is 4.74 Å². The van der Waals surface area contributed by atoms with Gasteiger partial charge in [-0.1, -0.05) is 49.8 Å². The van der Waals surface area contributed by atoms with Gasteiger partial charge in [0.15, 0.2) is 0 Å². The van der Waals surface area contributed by atoms with Gasteiger partial charge in [-0.25, -0.2) is 0 Å². The topological polar surface area (TPSA) is 9.23 Å². The second kappa shape index (κ2) is 9.95. The molecule has 1 saturated carbocycles. The van der Waals surface area contributed by atoms with Crippen molar-refractivity contribution >= 4 is 6.08 Å². The molecule has 0 N–H and O–H groups in total. The minimum absolute atomic E-state index is 0.739. The van der Waals surface area contributed by atoms with E-state index in [4.69, 9.17) is 4.74 Å². The molecule has 0 aliphatic heterocycles. The van der Waals surface area contributed by atoms with Gasteiger partial charge in [0.05, 0.1) is 7.11 Å². The van der Waals surface area contributed by atoms with Gasteiger partial charge in [-0.05, 0) is 73.4 Å². The van der Waals surface area contributed by atoms with Crippen molar-refractivity contribution in [2.75, 3.05) is 7.11 Å². The lowest BCUT2D eigenvalue weighted by atomic mass is 9.80. The van der Waals surface area contributed by atoms with Crippen LogP contribution in [-0.4, -0.2) is 7.11 Å². The first kappa shape index (κ1) is 17.4. The fourth-order valence-electron chi connectivity index (χ4n) is 3.21. The Labute approximate surface area is 141 Å². The van der Waals surface area contributed by atoms with Crippen molar-refractivity contribution in [2.45, 2.75) is 45.4 Å². The molecule has 1 aromatic carbocycles. The van der Waals surface area contributed by atoms with Crippen LogP contribution >= 0.6 is 0 Å². The predicted octanol–water partition coefficient (Wildman–Crippen LogP) is 5.87. The van der Waals surface area contributed by atoms with Crippen molar-refractivity contribution in [3.8, 4) is 17.6 Å². The lowest BCUT2D eigenvalue weighted by Gasteiger charge is -2.26. The first-order valence-corrected chi connectivity index (χ1v) is 8.80. The molecule has 0 bridgehead atoms. The van der Waals surface area contributed by atoms with Crippen molar-refractivity contribution in [1.29, 1.82) is 0 Å². The third kappa shape index (κ3) is 6.37. The summed E-state index contributed by atoms with van der Waals surface area (Å²) in [5.74, 6) is 8.80. The first-order valence-electron chi connectivity index (χ1n) is 8.80. The van der Waals surface area contributed by atoms with Crippen molar-refractivity contribution in [3.05, 3.63) is 48.1 Å². The average Bonchev–Trinajstić information content (AvgIpc) is 2.60. The zero-order valence-electron chi connectivity index (χ0n) is 14.4. The van der Waals surface area contributed by atoms with E-state index in [0.29, 0.717) is 0 Å². The zero-order chi connectivity index (χ0) is 16.3. The molecular weight excluding hydrogens is 280 g/mol. The molecule has 0 spiro atoms. The Morgan fingerprint density at radius 2 is 1.74 bits per heavy atom. The molecule has 2 rings (SSSR count). The third-order valence-corrected chi connectivity index (χ3v) is 4.60. The van der Waals surface area contributed by atoms with Gasteiger partial charge in [0.1, 0.15) is 5.75 Å². The molecule has 1 aromatic rings. The van der Waals surface area contributed by atoms with Crippen LogP contribution in [0.4, 0.5) is 0 Å². The maximum Gasteiger partial charge on any atom is 0.118 e. The summed E-state index contributed by atoms with van der Waals surface area (Å²) in [6, 6.07) is 7.98. The van der Waals surface area contributed by atoms with Crippen LogP contribution in [0.25, 0.3) is 6.08 Å². The molecule has 1 heteroatoms. The van der Waals surface area contributed by atoms with Crippen LogP contribution in [0.1, 0.15) is 51.0 Å². The summed E-state index contributed by atoms with van der Waals surface area (Å²) >= 11 is 0. The van der Waals surface area contributed by atoms with E-state index in [1.807, 2.05) is 42.5 Å². The average molecular weight is 308 g/mol. The maximum atomic E-state index is 5.14. The molecule has 0 heterocycles. The first-order chi connectivity index (χ1) is 11.3. The van der Waals surface area contributed by atoms with E-state index in [1.54, 1.807) is 7.11 Å². The Bertz CT molecular complexity index is 560. The Balaban J connectivity index is 1.73. The van der Waals surface area contributed by atoms with Crippen LogP contribution in [0.2, 0.25) is 0 Å². The van der Waals surface area contributed by atoms with Gasteiger partial charge in [-0.3, -0.25) is 0 Å². The van der Waals surface area contributed by atoms with Gasteiger partial charge in [-0.15, -0.1) is 0 Å². The number of hydrogen-bond acceptors (Lipinski definition) is 1. The summed E-state index contributed by atoms with van der Waals surface area (Å²) < 4.78 is 5.14. The van der Waals surface area contributed by atoms with Gasteiger partial charge in [0.2, 0.25) is 0 Å². The third-order valence-electron chi connectivity index (χ3n) is 4.60. The second-order valence-electron chi connectivity index (χ2n) is 6.32. The highest BCUT2D eigenvalue weighted by Crippen LogP contribution is 2.31. The van der Waals surface area contributed by atoms with Crippen LogP contribution in [-0.2, 0) is 0 Å². The molecule has 0 amide bonds. The number of rotatable bonds is 5. The SMILES string of the molecule is CCCC1CCC(C=CC#CC=Cc2ccc(OC)cc2)CC1. The fourth-order valence-corrected chi connectivity index (χ4v) is 3.21. The smallest absolute Gasteiger partial charge is 0.118 e. The molecule has 1 fully saturated rings. The minimum atomic E-state index is 0.739. The van der Waals surface area contributed by atoms with Gasteiger partial charge in [0.25, 0.3) is 0 Å². The van der Waals surface area contributed by atoms with Gasteiger partial charge in [0, 0.05) is 0 Å². The molecule has 0 radical (unpaired) electrons. The van der Waals surface area contributed by atoms with Crippen LogP contribution in [0.5, 0.6) is 5.75 Å². The summed E-state index contributed by atoms with van der Waals surface area (Å²) in [5.41, 5.74) is 1.14. The standard InChI is InChI=1S/C22H28O/c1-3-8-19-11-13-20(14-12-19)9-6-4-5-7-10-21-15-17-22(23-2)18-16-21/h6-7,9-10,15-20H,3,8,11-14H2,1-2H3. The number of allylic oxidation sites excluding steroid dienone is 3. The minimum Gasteiger partial charge on any atom is -0.497 e. The van der Waals surface area contributed by atoms with E-state index in [0.717, 1.165) is 23.1 Å². The number of benzene rings is 1. The summed E-state index contributed by atoms with van der Waals surface area (Å²) in [7, 11) is 1.68. The molecule has 1 aliphatic carbocycles. The van der Waals surface area contributed by atoms with E-state index < -0.39 is 0 Å². The molecule has 122 valence electrons. The van der Waals surface area contributed by atoms with Gasteiger partial charge < -0.3 is 4.74 Å². The van der Waals surface area contributed by atoms with Gasteiger partial charge >= 0.3 is 0 Å². The molecule has 0 saturated heterocycles. The van der Waals surface area contributed by atoms with Crippen molar-refractivity contribution in [2.24, 2.45) is 11.8 Å². The Hall–Kier alpha value is -1.94. The Morgan fingerprint density at radius 1 is 1.04 bits per heavy atom. The Morgan fingerprint density at radius 3 is 2.39 bits per heavy atom. The van der Waals surface area contributed by atoms with Crippen molar-refractivity contribution in [3.63, 3.8) is 0 Å². The van der Waals surface area contributed by atoms with Gasteiger partial charge in [-0.2, -0.15) is 0 Å². The monoisotopic (exact) mass is 308 g/mol. The van der Waals surface area contributed by atoms with E-state index in [1.165, 1.54) is 38.5 Å². The highest BCUT2D eigenvalue weighted by Gasteiger charge is 2.18. The zero-order valence-corrected chi connectivity index (χ0v) is 14.4. The van der Waals surface area contributed by atoms with Crippen LogP contribution in [0.15, 0.2) is 42.5 Å². The van der Waals surface area contributed by atoms with Crippen LogP contribution in [0.3, 0.4) is 0 Å². The fraction of sp³-hybridized carbons (Fsp3) is 0.455. The summed E-state index contributed by atoms with van der Waals surface area (Å²) in [6.07, 6.45) is 16.5.